The van der Waals surface area contributed by atoms with Gasteiger partial charge in [0.1, 0.15) is 5.65 Å². The van der Waals surface area contributed by atoms with Crippen LogP contribution in [0.15, 0.2) is 48.7 Å². The van der Waals surface area contributed by atoms with Crippen molar-refractivity contribution in [3.63, 3.8) is 0 Å². The van der Waals surface area contributed by atoms with E-state index in [9.17, 15) is 4.79 Å². The number of carbonyl (C=O) groups is 1. The van der Waals surface area contributed by atoms with E-state index in [2.05, 4.69) is 27.0 Å². The molecule has 1 aromatic carbocycles. The Kier molecular flexibility index (Phi) is 6.13. The van der Waals surface area contributed by atoms with E-state index in [0.717, 1.165) is 56.2 Å². The molecule has 1 N–H and O–H groups in total. The monoisotopic (exact) mass is 411 g/mol. The van der Waals surface area contributed by atoms with E-state index >= 15 is 0 Å². The number of imidazole rings is 1. The quantitative estimate of drug-likeness (QED) is 0.677. The predicted molar refractivity (Wildman–Crippen MR) is 117 cm³/mol. The van der Waals surface area contributed by atoms with Crippen molar-refractivity contribution >= 4 is 23.2 Å². The van der Waals surface area contributed by atoms with Gasteiger partial charge < -0.3 is 10.2 Å². The summed E-state index contributed by atoms with van der Waals surface area (Å²) in [5.74, 6) is -0.147. The fourth-order valence-corrected chi connectivity index (χ4v) is 3.90. The van der Waals surface area contributed by atoms with Crippen LogP contribution in [0.2, 0.25) is 5.02 Å². The van der Waals surface area contributed by atoms with Crippen LogP contribution in [0.4, 0.5) is 0 Å². The van der Waals surface area contributed by atoms with Gasteiger partial charge in [0, 0.05) is 56.1 Å². The van der Waals surface area contributed by atoms with Crippen LogP contribution < -0.4 is 5.32 Å². The van der Waals surface area contributed by atoms with Crippen LogP contribution in [0.3, 0.4) is 0 Å². The Balaban J connectivity index is 1.49. The molecule has 0 unspecified atom stereocenters. The van der Waals surface area contributed by atoms with Gasteiger partial charge in [-0.2, -0.15) is 0 Å². The van der Waals surface area contributed by atoms with Crippen LogP contribution in [0.25, 0.3) is 16.9 Å². The molecule has 3 aromatic rings. The zero-order valence-corrected chi connectivity index (χ0v) is 17.4. The summed E-state index contributed by atoms with van der Waals surface area (Å²) in [4.78, 5) is 22.4. The van der Waals surface area contributed by atoms with Crippen LogP contribution in [0.1, 0.15) is 17.4 Å². The molecule has 0 spiro atoms. The molecule has 4 rings (SSSR count). The minimum Gasteiger partial charge on any atom is -0.349 e. The Morgan fingerprint density at radius 3 is 2.52 bits per heavy atom. The van der Waals surface area contributed by atoms with E-state index in [1.807, 2.05) is 53.1 Å². The number of nitrogens with zero attached hydrogens (tertiary/aromatic N) is 4. The lowest BCUT2D eigenvalue weighted by molar-refractivity contribution is 0.0934. The van der Waals surface area contributed by atoms with Crippen molar-refractivity contribution in [1.82, 2.24) is 24.5 Å². The van der Waals surface area contributed by atoms with Gasteiger partial charge in [-0.3, -0.25) is 14.1 Å². The number of hydrogen-bond acceptors (Lipinski definition) is 4. The Morgan fingerprint density at radius 1 is 1.07 bits per heavy atom. The van der Waals surface area contributed by atoms with Crippen LogP contribution in [-0.2, 0) is 0 Å². The summed E-state index contributed by atoms with van der Waals surface area (Å²) in [6.45, 7) is 9.05. The number of carbonyl (C=O) groups excluding carboxylic acids is 1. The highest BCUT2D eigenvalue weighted by Gasteiger charge is 2.21. The summed E-state index contributed by atoms with van der Waals surface area (Å²) >= 11 is 6.04. The first-order valence-electron chi connectivity index (χ1n) is 10.1. The lowest BCUT2D eigenvalue weighted by Gasteiger charge is -2.33. The van der Waals surface area contributed by atoms with E-state index < -0.39 is 0 Å². The number of likely N-dealkylation sites (N-methyl/N-ethyl adjacent to an activating group) is 1. The van der Waals surface area contributed by atoms with E-state index in [0.29, 0.717) is 17.3 Å². The number of hydrogen-bond donors (Lipinski definition) is 1. The highest BCUT2D eigenvalue weighted by molar-refractivity contribution is 6.30. The van der Waals surface area contributed by atoms with E-state index in [1.54, 1.807) is 0 Å². The number of pyridine rings is 1. The second-order valence-electron chi connectivity index (χ2n) is 7.28. The zero-order chi connectivity index (χ0) is 20.2. The van der Waals surface area contributed by atoms with Gasteiger partial charge in [-0.1, -0.05) is 36.7 Å². The number of piperazine rings is 1. The van der Waals surface area contributed by atoms with Gasteiger partial charge >= 0.3 is 0 Å². The molecule has 0 atom stereocenters. The summed E-state index contributed by atoms with van der Waals surface area (Å²) < 4.78 is 1.95. The topological polar surface area (TPSA) is 52.9 Å². The molecule has 0 bridgehead atoms. The Morgan fingerprint density at radius 2 is 1.79 bits per heavy atom. The largest absolute Gasteiger partial charge is 0.349 e. The Bertz CT molecular complexity index is 977. The molecule has 1 amide bonds. The summed E-state index contributed by atoms with van der Waals surface area (Å²) in [5, 5.41) is 3.72. The highest BCUT2D eigenvalue weighted by atomic mass is 35.5. The first kappa shape index (κ1) is 19.9. The maximum absolute atomic E-state index is 13.0. The maximum atomic E-state index is 13.0. The zero-order valence-electron chi connectivity index (χ0n) is 16.6. The molecule has 0 saturated carbocycles. The number of amides is 1. The fourth-order valence-electron chi connectivity index (χ4n) is 3.78. The fraction of sp³-hybridized carbons (Fsp3) is 0.364. The minimum atomic E-state index is -0.147. The maximum Gasteiger partial charge on any atom is 0.272 e. The van der Waals surface area contributed by atoms with Crippen molar-refractivity contribution in [3.8, 4) is 11.3 Å². The number of nitrogens with one attached hydrogen (secondary N) is 1. The molecule has 1 aliphatic heterocycles. The minimum absolute atomic E-state index is 0.147. The third kappa shape index (κ3) is 4.45. The molecule has 1 aliphatic rings. The lowest BCUT2D eigenvalue weighted by Crippen LogP contribution is -2.48. The summed E-state index contributed by atoms with van der Waals surface area (Å²) in [7, 11) is 0. The molecule has 2 aromatic heterocycles. The molecule has 3 heterocycles. The van der Waals surface area contributed by atoms with Crippen molar-refractivity contribution in [2.75, 3.05) is 45.8 Å². The van der Waals surface area contributed by atoms with Gasteiger partial charge in [-0.25, -0.2) is 4.98 Å². The summed E-state index contributed by atoms with van der Waals surface area (Å²) in [6.07, 6.45) is 1.93. The molecule has 152 valence electrons. The molecule has 0 radical (unpaired) electrons. The van der Waals surface area contributed by atoms with Crippen LogP contribution in [-0.4, -0.2) is 70.9 Å². The Labute approximate surface area is 176 Å². The standard InChI is InChI=1S/C22H26ClN5O/c1-2-26-13-15-27(16-14-26)12-10-24-22(29)20-21(17-6-8-18(23)9-7-17)28-11-4-3-5-19(28)25-20/h3-9,11H,2,10,12-16H2,1H3,(H,24,29). The third-order valence-corrected chi connectivity index (χ3v) is 5.74. The number of halogens is 1. The van der Waals surface area contributed by atoms with Crippen molar-refractivity contribution in [1.29, 1.82) is 0 Å². The molecule has 29 heavy (non-hydrogen) atoms. The normalized spacial score (nSPS) is 15.7. The predicted octanol–water partition coefficient (Wildman–Crippen LogP) is 3.02. The van der Waals surface area contributed by atoms with Crippen LogP contribution in [0, 0.1) is 0 Å². The van der Waals surface area contributed by atoms with Crippen molar-refractivity contribution in [3.05, 3.63) is 59.4 Å². The molecule has 7 heteroatoms. The lowest BCUT2D eigenvalue weighted by atomic mass is 10.1. The number of rotatable bonds is 6. The highest BCUT2D eigenvalue weighted by Crippen LogP contribution is 2.26. The van der Waals surface area contributed by atoms with Crippen LogP contribution >= 0.6 is 11.6 Å². The van der Waals surface area contributed by atoms with Gasteiger partial charge in [-0.15, -0.1) is 0 Å². The van der Waals surface area contributed by atoms with E-state index in [1.165, 1.54) is 0 Å². The average molecular weight is 412 g/mol. The molecule has 1 saturated heterocycles. The molecule has 1 fully saturated rings. The number of fused-ring (bicyclic) bond motifs is 1. The second kappa shape index (κ2) is 8.95. The van der Waals surface area contributed by atoms with E-state index in [-0.39, 0.29) is 5.91 Å². The molecule has 6 nitrogen and oxygen atoms in total. The first-order chi connectivity index (χ1) is 14.2. The molecular weight excluding hydrogens is 386 g/mol. The van der Waals surface area contributed by atoms with Gasteiger partial charge in [0.25, 0.3) is 5.91 Å². The van der Waals surface area contributed by atoms with Crippen molar-refractivity contribution < 1.29 is 4.79 Å². The van der Waals surface area contributed by atoms with Crippen LogP contribution in [0.5, 0.6) is 0 Å². The number of benzene rings is 1. The molecule has 0 aliphatic carbocycles. The number of aromatic nitrogens is 2. The first-order valence-corrected chi connectivity index (χ1v) is 10.5. The summed E-state index contributed by atoms with van der Waals surface area (Å²) in [5.41, 5.74) is 2.88. The van der Waals surface area contributed by atoms with Gasteiger partial charge in [0.15, 0.2) is 5.69 Å². The van der Waals surface area contributed by atoms with Crippen molar-refractivity contribution in [2.45, 2.75) is 6.92 Å². The third-order valence-electron chi connectivity index (χ3n) is 5.49. The van der Waals surface area contributed by atoms with Gasteiger partial charge in [0.05, 0.1) is 5.69 Å². The van der Waals surface area contributed by atoms with Crippen molar-refractivity contribution in [2.24, 2.45) is 0 Å². The smallest absolute Gasteiger partial charge is 0.272 e. The SMILES string of the molecule is CCN1CCN(CCNC(=O)c2nc3ccccn3c2-c2ccc(Cl)cc2)CC1. The average Bonchev–Trinajstić information content (AvgIpc) is 3.14. The van der Waals surface area contributed by atoms with Gasteiger partial charge in [0.2, 0.25) is 0 Å². The Hall–Kier alpha value is -2.41. The van der Waals surface area contributed by atoms with E-state index in [4.69, 9.17) is 11.6 Å². The molecular formula is C22H26ClN5O. The second-order valence-corrected chi connectivity index (χ2v) is 7.71. The van der Waals surface area contributed by atoms with Gasteiger partial charge in [-0.05, 0) is 30.8 Å². The summed E-state index contributed by atoms with van der Waals surface area (Å²) in [6, 6.07) is 13.3.